The molecule has 0 saturated heterocycles. The van der Waals surface area contributed by atoms with Gasteiger partial charge >= 0.3 is 11.9 Å². The minimum Gasteiger partial charge on any atom is -0.493 e. The number of benzene rings is 1. The Kier molecular flexibility index (Phi) is 6.34. The summed E-state index contributed by atoms with van der Waals surface area (Å²) in [6.45, 7) is 9.15. The molecule has 166 valence electrons. The van der Waals surface area contributed by atoms with Crippen LogP contribution in [0.1, 0.15) is 58.9 Å². The van der Waals surface area contributed by atoms with Crippen molar-refractivity contribution < 1.29 is 28.6 Å². The summed E-state index contributed by atoms with van der Waals surface area (Å²) in [5.74, 6) is -1.36. The van der Waals surface area contributed by atoms with Gasteiger partial charge in [-0.05, 0) is 43.4 Å². The Balaban J connectivity index is 2.17. The fourth-order valence-electron chi connectivity index (χ4n) is 4.54. The van der Waals surface area contributed by atoms with E-state index < -0.39 is 23.8 Å². The van der Waals surface area contributed by atoms with Gasteiger partial charge in [-0.3, -0.25) is 14.6 Å². The molecule has 7 heteroatoms. The number of methoxy groups -OCH3 is 1. The van der Waals surface area contributed by atoms with Gasteiger partial charge < -0.3 is 14.2 Å². The SMILES string of the molecule is CCOC(=O)C1=C(C)N=C2CC(C)(C)CC(=O)[C@H]2[C@H]1c1ccc(OC(C)=O)c(OC)c1. The molecule has 3 rings (SSSR count). The first kappa shape index (κ1) is 22.7. The molecule has 1 aliphatic heterocycles. The monoisotopic (exact) mass is 427 g/mol. The molecule has 2 atom stereocenters. The maximum absolute atomic E-state index is 13.3. The summed E-state index contributed by atoms with van der Waals surface area (Å²) in [6, 6.07) is 5.09. The van der Waals surface area contributed by atoms with Crippen LogP contribution in [-0.4, -0.2) is 37.2 Å². The number of hydrogen-bond acceptors (Lipinski definition) is 7. The van der Waals surface area contributed by atoms with E-state index in [4.69, 9.17) is 14.2 Å². The van der Waals surface area contributed by atoms with Crippen LogP contribution in [0.25, 0.3) is 0 Å². The van der Waals surface area contributed by atoms with Gasteiger partial charge in [0, 0.05) is 30.7 Å². The molecule has 0 aromatic heterocycles. The second kappa shape index (κ2) is 8.65. The maximum atomic E-state index is 13.3. The number of esters is 2. The minimum atomic E-state index is -0.546. The number of Topliss-reactive ketones (excluding diaryl/α,β-unsaturated/α-hetero) is 1. The third kappa shape index (κ3) is 4.55. The number of fused-ring (bicyclic) bond motifs is 1. The number of rotatable bonds is 5. The highest BCUT2D eigenvalue weighted by Crippen LogP contribution is 2.48. The fourth-order valence-corrected chi connectivity index (χ4v) is 4.54. The Morgan fingerprint density at radius 3 is 2.48 bits per heavy atom. The van der Waals surface area contributed by atoms with Crippen molar-refractivity contribution in [3.63, 3.8) is 0 Å². The Hall–Kier alpha value is -2.96. The molecule has 0 bridgehead atoms. The first-order valence-electron chi connectivity index (χ1n) is 10.4. The largest absolute Gasteiger partial charge is 0.493 e. The zero-order chi connectivity index (χ0) is 22.9. The highest BCUT2D eigenvalue weighted by molar-refractivity contribution is 6.12. The lowest BCUT2D eigenvalue weighted by Gasteiger charge is -2.41. The summed E-state index contributed by atoms with van der Waals surface area (Å²) in [5.41, 5.74) is 2.25. The molecule has 0 radical (unpaired) electrons. The molecule has 1 fully saturated rings. The molecule has 1 aromatic carbocycles. The molecule has 0 spiro atoms. The maximum Gasteiger partial charge on any atom is 0.336 e. The van der Waals surface area contributed by atoms with Crippen LogP contribution in [0.5, 0.6) is 11.5 Å². The number of allylic oxidation sites excluding steroid dienone is 1. The first-order valence-corrected chi connectivity index (χ1v) is 10.4. The van der Waals surface area contributed by atoms with Gasteiger partial charge in [-0.15, -0.1) is 0 Å². The Bertz CT molecular complexity index is 988. The summed E-state index contributed by atoms with van der Waals surface area (Å²) in [7, 11) is 1.47. The van der Waals surface area contributed by atoms with Crippen LogP contribution in [0, 0.1) is 11.3 Å². The zero-order valence-corrected chi connectivity index (χ0v) is 18.9. The quantitative estimate of drug-likeness (QED) is 0.521. The predicted octanol–water partition coefficient (Wildman–Crippen LogP) is 4.00. The predicted molar refractivity (Wildman–Crippen MR) is 115 cm³/mol. The van der Waals surface area contributed by atoms with Gasteiger partial charge in [-0.2, -0.15) is 0 Å². The van der Waals surface area contributed by atoms with Gasteiger partial charge in [0.2, 0.25) is 0 Å². The summed E-state index contributed by atoms with van der Waals surface area (Å²) in [4.78, 5) is 42.3. The molecule has 7 nitrogen and oxygen atoms in total. The summed E-state index contributed by atoms with van der Waals surface area (Å²) >= 11 is 0. The summed E-state index contributed by atoms with van der Waals surface area (Å²) in [5, 5.41) is 0. The second-order valence-electron chi connectivity index (χ2n) is 8.77. The van der Waals surface area contributed by atoms with Crippen LogP contribution in [0.3, 0.4) is 0 Å². The lowest BCUT2D eigenvalue weighted by Crippen LogP contribution is -2.44. The van der Waals surface area contributed by atoms with Gasteiger partial charge in [-0.25, -0.2) is 4.79 Å². The number of nitrogens with zero attached hydrogens (tertiary/aromatic N) is 1. The fraction of sp³-hybridized carbons (Fsp3) is 0.500. The standard InChI is InChI=1S/C24H29NO6/c1-7-30-23(28)20-13(2)25-16-11-24(4,5)12-17(27)22(16)21(20)15-8-9-18(31-14(3)26)19(10-15)29-6/h8-10,21-22H,7,11-12H2,1-6H3/t21-,22-/m0/s1. The third-order valence-electron chi connectivity index (χ3n) is 5.66. The van der Waals surface area contributed by atoms with Crippen molar-refractivity contribution in [2.75, 3.05) is 13.7 Å². The number of ketones is 1. The average Bonchev–Trinajstić information content (AvgIpc) is 2.65. The van der Waals surface area contributed by atoms with Gasteiger partial charge in [0.15, 0.2) is 11.5 Å². The third-order valence-corrected chi connectivity index (χ3v) is 5.66. The summed E-state index contributed by atoms with van der Waals surface area (Å²) < 4.78 is 15.9. The van der Waals surface area contributed by atoms with Crippen molar-refractivity contribution in [1.29, 1.82) is 0 Å². The van der Waals surface area contributed by atoms with Gasteiger partial charge in [0.1, 0.15) is 5.78 Å². The number of hydrogen-bond donors (Lipinski definition) is 0. The average molecular weight is 427 g/mol. The van der Waals surface area contributed by atoms with E-state index in [0.29, 0.717) is 35.4 Å². The van der Waals surface area contributed by atoms with E-state index >= 15 is 0 Å². The number of carbonyl (C=O) groups is 3. The van der Waals surface area contributed by atoms with Crippen molar-refractivity contribution >= 4 is 23.4 Å². The second-order valence-corrected chi connectivity index (χ2v) is 8.77. The van der Waals surface area contributed by atoms with Gasteiger partial charge in [-0.1, -0.05) is 19.9 Å². The van der Waals surface area contributed by atoms with Crippen molar-refractivity contribution in [2.24, 2.45) is 16.3 Å². The molecule has 0 amide bonds. The van der Waals surface area contributed by atoms with Crippen molar-refractivity contribution in [1.82, 2.24) is 0 Å². The number of aliphatic imine (C=N–C) groups is 1. The van der Waals surface area contributed by atoms with Crippen LogP contribution in [-0.2, 0) is 19.1 Å². The first-order chi connectivity index (χ1) is 14.6. The summed E-state index contributed by atoms with van der Waals surface area (Å²) in [6.07, 6.45) is 1.08. The van der Waals surface area contributed by atoms with E-state index in [9.17, 15) is 14.4 Å². The van der Waals surface area contributed by atoms with Crippen LogP contribution in [0.15, 0.2) is 34.5 Å². The molecule has 0 N–H and O–H groups in total. The topological polar surface area (TPSA) is 91.3 Å². The van der Waals surface area contributed by atoms with Gasteiger partial charge in [0.25, 0.3) is 0 Å². The van der Waals surface area contributed by atoms with E-state index in [0.717, 1.165) is 5.71 Å². The van der Waals surface area contributed by atoms with Crippen molar-refractivity contribution in [2.45, 2.75) is 53.4 Å². The van der Waals surface area contributed by atoms with Crippen molar-refractivity contribution in [3.05, 3.63) is 35.0 Å². The van der Waals surface area contributed by atoms with Crippen LogP contribution >= 0.6 is 0 Å². The Morgan fingerprint density at radius 1 is 1.16 bits per heavy atom. The molecule has 1 aliphatic carbocycles. The van der Waals surface area contributed by atoms with E-state index in [2.05, 4.69) is 18.8 Å². The lowest BCUT2D eigenvalue weighted by molar-refractivity contribution is -0.139. The Labute approximate surface area is 182 Å². The Morgan fingerprint density at radius 2 is 1.87 bits per heavy atom. The highest BCUT2D eigenvalue weighted by Gasteiger charge is 2.47. The number of ether oxygens (including phenoxy) is 3. The molecular weight excluding hydrogens is 398 g/mol. The van der Waals surface area contributed by atoms with E-state index in [1.54, 1.807) is 32.0 Å². The molecule has 1 heterocycles. The molecule has 0 unspecified atom stereocenters. The van der Waals surface area contributed by atoms with Crippen LogP contribution in [0.4, 0.5) is 0 Å². The zero-order valence-electron chi connectivity index (χ0n) is 18.9. The lowest BCUT2D eigenvalue weighted by atomic mass is 9.63. The molecule has 1 saturated carbocycles. The van der Waals surface area contributed by atoms with Crippen LogP contribution < -0.4 is 9.47 Å². The molecule has 31 heavy (non-hydrogen) atoms. The van der Waals surface area contributed by atoms with Gasteiger partial charge in [0.05, 0.1) is 25.2 Å². The molecule has 2 aliphatic rings. The van der Waals surface area contributed by atoms with E-state index in [1.807, 2.05) is 0 Å². The smallest absolute Gasteiger partial charge is 0.336 e. The normalized spacial score (nSPS) is 22.4. The van der Waals surface area contributed by atoms with E-state index in [1.165, 1.54) is 14.0 Å². The number of carbonyl (C=O) groups excluding carboxylic acids is 3. The molecule has 1 aromatic rings. The molecular formula is C24H29NO6. The van der Waals surface area contributed by atoms with Crippen molar-refractivity contribution in [3.8, 4) is 11.5 Å². The minimum absolute atomic E-state index is 0.0531. The van der Waals surface area contributed by atoms with E-state index in [-0.39, 0.29) is 23.6 Å². The highest BCUT2D eigenvalue weighted by atomic mass is 16.6. The van der Waals surface area contributed by atoms with Crippen LogP contribution in [0.2, 0.25) is 0 Å².